The molecule has 0 aliphatic heterocycles. The Hall–Kier alpha value is -1.13. The molecular formula is C13H16BrN3. The van der Waals surface area contributed by atoms with Gasteiger partial charge in [0.15, 0.2) is 0 Å². The third-order valence-electron chi connectivity index (χ3n) is 2.91. The predicted octanol–water partition coefficient (Wildman–Crippen LogP) is 2.81. The summed E-state index contributed by atoms with van der Waals surface area (Å²) in [5.41, 5.74) is 9.62. The molecule has 0 amide bonds. The minimum Gasteiger partial charge on any atom is -0.328 e. The van der Waals surface area contributed by atoms with Crippen molar-refractivity contribution in [3.05, 3.63) is 51.8 Å². The van der Waals surface area contributed by atoms with Gasteiger partial charge in [0.25, 0.3) is 0 Å². The van der Waals surface area contributed by atoms with Gasteiger partial charge in [0.05, 0.1) is 16.7 Å². The Labute approximate surface area is 110 Å². The molecule has 1 unspecified atom stereocenters. The van der Waals surface area contributed by atoms with E-state index >= 15 is 0 Å². The normalized spacial score (nSPS) is 12.7. The van der Waals surface area contributed by atoms with E-state index in [1.54, 1.807) is 6.20 Å². The molecule has 1 aromatic carbocycles. The number of nitrogens with two attached hydrogens (primary N) is 1. The molecule has 2 N–H and O–H groups in total. The molecule has 0 radical (unpaired) electrons. The summed E-state index contributed by atoms with van der Waals surface area (Å²) in [5.74, 6) is 0. The van der Waals surface area contributed by atoms with Gasteiger partial charge in [0, 0.05) is 12.7 Å². The zero-order chi connectivity index (χ0) is 12.4. The van der Waals surface area contributed by atoms with Gasteiger partial charge < -0.3 is 5.73 Å². The summed E-state index contributed by atoms with van der Waals surface area (Å²) in [5, 5.41) is 4.32. The summed E-state index contributed by atoms with van der Waals surface area (Å²) in [6, 6.07) is 6.53. The van der Waals surface area contributed by atoms with E-state index in [-0.39, 0.29) is 6.04 Å². The molecule has 1 aromatic heterocycles. The topological polar surface area (TPSA) is 43.8 Å². The first-order chi connectivity index (χ1) is 8.11. The highest BCUT2D eigenvalue weighted by Crippen LogP contribution is 2.23. The molecule has 2 rings (SSSR count). The van der Waals surface area contributed by atoms with E-state index in [1.165, 1.54) is 16.7 Å². The Morgan fingerprint density at radius 1 is 1.41 bits per heavy atom. The van der Waals surface area contributed by atoms with Crippen molar-refractivity contribution in [2.24, 2.45) is 5.73 Å². The molecule has 0 bridgehead atoms. The molecule has 0 saturated heterocycles. The number of hydrogen-bond acceptors (Lipinski definition) is 2. The highest BCUT2D eigenvalue weighted by Gasteiger charge is 2.15. The van der Waals surface area contributed by atoms with Crippen molar-refractivity contribution in [3.63, 3.8) is 0 Å². The number of aryl methyl sites for hydroxylation is 2. The van der Waals surface area contributed by atoms with Crippen LogP contribution in [-0.4, -0.2) is 16.3 Å². The average molecular weight is 294 g/mol. The smallest absolute Gasteiger partial charge is 0.0893 e. The molecule has 4 heteroatoms. The molecule has 0 spiro atoms. The summed E-state index contributed by atoms with van der Waals surface area (Å²) >= 11 is 3.41. The van der Waals surface area contributed by atoms with E-state index in [9.17, 15) is 0 Å². The zero-order valence-corrected chi connectivity index (χ0v) is 11.6. The first-order valence-corrected chi connectivity index (χ1v) is 6.38. The van der Waals surface area contributed by atoms with E-state index < -0.39 is 0 Å². The van der Waals surface area contributed by atoms with Crippen molar-refractivity contribution in [2.45, 2.75) is 19.9 Å². The van der Waals surface area contributed by atoms with Gasteiger partial charge in [-0.25, -0.2) is 0 Å². The van der Waals surface area contributed by atoms with Crippen LogP contribution in [0.4, 0.5) is 0 Å². The summed E-state index contributed by atoms with van der Waals surface area (Å²) in [7, 11) is 0. The second-order valence-electron chi connectivity index (χ2n) is 4.25. The van der Waals surface area contributed by atoms with Crippen molar-refractivity contribution in [1.29, 1.82) is 0 Å². The maximum Gasteiger partial charge on any atom is 0.0893 e. The number of aromatic nitrogens is 2. The predicted molar refractivity (Wildman–Crippen MR) is 73.0 cm³/mol. The first kappa shape index (κ1) is 12.3. The third-order valence-corrected chi connectivity index (χ3v) is 3.32. The first-order valence-electron chi connectivity index (χ1n) is 5.58. The van der Waals surface area contributed by atoms with Crippen LogP contribution < -0.4 is 5.73 Å². The van der Waals surface area contributed by atoms with Crippen LogP contribution in [0.25, 0.3) is 0 Å². The van der Waals surface area contributed by atoms with Gasteiger partial charge in [-0.1, -0.05) is 23.8 Å². The van der Waals surface area contributed by atoms with Gasteiger partial charge in [0.1, 0.15) is 0 Å². The molecule has 90 valence electrons. The second-order valence-corrected chi connectivity index (χ2v) is 5.17. The second kappa shape index (κ2) is 5.02. The van der Waals surface area contributed by atoms with Crippen molar-refractivity contribution in [1.82, 2.24) is 9.78 Å². The maximum absolute atomic E-state index is 5.89. The van der Waals surface area contributed by atoms with E-state index in [1.807, 2.05) is 10.9 Å². The van der Waals surface area contributed by atoms with Gasteiger partial charge >= 0.3 is 0 Å². The number of halogens is 1. The van der Waals surface area contributed by atoms with Gasteiger partial charge in [-0.2, -0.15) is 5.10 Å². The molecule has 2 aromatic rings. The van der Waals surface area contributed by atoms with Crippen LogP contribution >= 0.6 is 15.9 Å². The molecule has 0 aliphatic carbocycles. The van der Waals surface area contributed by atoms with Crippen molar-refractivity contribution >= 4 is 15.9 Å². The lowest BCUT2D eigenvalue weighted by molar-refractivity contribution is 0.529. The van der Waals surface area contributed by atoms with Crippen LogP contribution in [0, 0.1) is 13.8 Å². The summed E-state index contributed by atoms with van der Waals surface area (Å²) in [4.78, 5) is 0. The van der Waals surface area contributed by atoms with Gasteiger partial charge in [-0.05, 0) is 40.9 Å². The molecule has 0 fully saturated rings. The van der Waals surface area contributed by atoms with Crippen LogP contribution in [-0.2, 0) is 0 Å². The largest absolute Gasteiger partial charge is 0.328 e. The van der Waals surface area contributed by atoms with E-state index in [2.05, 4.69) is 53.1 Å². The SMILES string of the molecule is Cc1ccc(C)c(C(CN)n2cc(Br)cn2)c1. The van der Waals surface area contributed by atoms with Crippen LogP contribution in [0.15, 0.2) is 35.1 Å². The standard InChI is InChI=1S/C13H16BrN3/c1-9-3-4-10(2)12(5-9)13(6-15)17-8-11(14)7-16-17/h3-5,7-8,13H,6,15H2,1-2H3. The Morgan fingerprint density at radius 2 is 2.18 bits per heavy atom. The highest BCUT2D eigenvalue weighted by atomic mass is 79.9. The lowest BCUT2D eigenvalue weighted by Crippen LogP contribution is -2.21. The molecule has 1 atom stereocenters. The number of rotatable bonds is 3. The maximum atomic E-state index is 5.89. The summed E-state index contributed by atoms with van der Waals surface area (Å²) in [6.07, 6.45) is 3.74. The van der Waals surface area contributed by atoms with Crippen LogP contribution in [0.5, 0.6) is 0 Å². The molecule has 0 saturated carbocycles. The van der Waals surface area contributed by atoms with E-state index in [0.717, 1.165) is 4.47 Å². The minimum absolute atomic E-state index is 0.0983. The molecule has 1 heterocycles. The Bertz CT molecular complexity index is 519. The van der Waals surface area contributed by atoms with Gasteiger partial charge in [0.2, 0.25) is 0 Å². The monoisotopic (exact) mass is 293 g/mol. The van der Waals surface area contributed by atoms with E-state index in [4.69, 9.17) is 5.73 Å². The van der Waals surface area contributed by atoms with Crippen LogP contribution in [0.3, 0.4) is 0 Å². The van der Waals surface area contributed by atoms with E-state index in [0.29, 0.717) is 6.54 Å². The fourth-order valence-electron chi connectivity index (χ4n) is 1.98. The Kier molecular flexibility index (Phi) is 3.64. The van der Waals surface area contributed by atoms with Crippen molar-refractivity contribution < 1.29 is 0 Å². The molecular weight excluding hydrogens is 278 g/mol. The summed E-state index contributed by atoms with van der Waals surface area (Å²) in [6.45, 7) is 4.74. The third kappa shape index (κ3) is 2.58. The Morgan fingerprint density at radius 3 is 2.76 bits per heavy atom. The average Bonchev–Trinajstić information content (AvgIpc) is 2.71. The zero-order valence-electron chi connectivity index (χ0n) is 10.0. The minimum atomic E-state index is 0.0983. The van der Waals surface area contributed by atoms with Gasteiger partial charge in [-0.3, -0.25) is 4.68 Å². The quantitative estimate of drug-likeness (QED) is 0.946. The number of benzene rings is 1. The highest BCUT2D eigenvalue weighted by molar-refractivity contribution is 9.10. The number of nitrogens with zero attached hydrogens (tertiary/aromatic N) is 2. The molecule has 17 heavy (non-hydrogen) atoms. The molecule has 0 aliphatic rings. The van der Waals surface area contributed by atoms with Gasteiger partial charge in [-0.15, -0.1) is 0 Å². The Balaban J connectivity index is 2.45. The van der Waals surface area contributed by atoms with Crippen LogP contribution in [0.1, 0.15) is 22.7 Å². The van der Waals surface area contributed by atoms with Crippen LogP contribution in [0.2, 0.25) is 0 Å². The molecule has 3 nitrogen and oxygen atoms in total. The van der Waals surface area contributed by atoms with Crippen molar-refractivity contribution in [2.75, 3.05) is 6.54 Å². The lowest BCUT2D eigenvalue weighted by Gasteiger charge is -2.18. The fourth-order valence-corrected chi connectivity index (χ4v) is 2.28. The van der Waals surface area contributed by atoms with Crippen molar-refractivity contribution in [3.8, 4) is 0 Å². The summed E-state index contributed by atoms with van der Waals surface area (Å²) < 4.78 is 2.88. The number of hydrogen-bond donors (Lipinski definition) is 1. The fraction of sp³-hybridized carbons (Fsp3) is 0.308. The lowest BCUT2D eigenvalue weighted by atomic mass is 9.99.